The van der Waals surface area contributed by atoms with Crippen molar-refractivity contribution in [1.82, 2.24) is 9.78 Å². The fourth-order valence-electron chi connectivity index (χ4n) is 4.19. The number of alkyl halides is 4. The van der Waals surface area contributed by atoms with Crippen LogP contribution in [-0.4, -0.2) is 27.5 Å². The Morgan fingerprint density at radius 3 is 2.57 bits per heavy atom. The van der Waals surface area contributed by atoms with Crippen LogP contribution in [0.5, 0.6) is 0 Å². The SMILES string of the molecule is Cn1nc(Cc2cccc(F)c2)c(C2CCC2)c1NC(=O)C[C@@H]1CC(F)(F)C1(F)F. The summed E-state index contributed by atoms with van der Waals surface area (Å²) in [7, 11) is 1.62. The maximum atomic E-state index is 13.5. The molecule has 1 amide bonds. The zero-order valence-corrected chi connectivity index (χ0v) is 16.4. The number of nitrogens with one attached hydrogen (secondary N) is 1. The lowest BCUT2D eigenvalue weighted by Gasteiger charge is -2.43. The van der Waals surface area contributed by atoms with Crippen molar-refractivity contribution in [3.05, 3.63) is 46.9 Å². The summed E-state index contributed by atoms with van der Waals surface area (Å²) in [5, 5.41) is 7.09. The van der Waals surface area contributed by atoms with Crippen LogP contribution in [0.4, 0.5) is 27.8 Å². The van der Waals surface area contributed by atoms with Gasteiger partial charge in [0.15, 0.2) is 0 Å². The Labute approximate surface area is 170 Å². The predicted octanol–water partition coefficient (Wildman–Crippen LogP) is 5.04. The number of amides is 1. The highest BCUT2D eigenvalue weighted by molar-refractivity contribution is 5.91. The second-order valence-electron chi connectivity index (χ2n) is 8.25. The third kappa shape index (κ3) is 3.58. The van der Waals surface area contributed by atoms with E-state index in [-0.39, 0.29) is 11.7 Å². The first-order valence-corrected chi connectivity index (χ1v) is 9.94. The first-order valence-electron chi connectivity index (χ1n) is 9.94. The first-order chi connectivity index (χ1) is 14.1. The third-order valence-corrected chi connectivity index (χ3v) is 6.13. The van der Waals surface area contributed by atoms with Gasteiger partial charge in [0.05, 0.1) is 5.69 Å². The number of carbonyl (C=O) groups is 1. The van der Waals surface area contributed by atoms with E-state index in [0.717, 1.165) is 30.4 Å². The van der Waals surface area contributed by atoms with Gasteiger partial charge in [-0.2, -0.15) is 22.7 Å². The number of carbonyl (C=O) groups excluding carboxylic acids is 1. The fraction of sp³-hybridized carbons (Fsp3) is 0.524. The molecule has 1 N–H and O–H groups in total. The van der Waals surface area contributed by atoms with Gasteiger partial charge in [-0.25, -0.2) is 4.39 Å². The molecule has 1 atom stereocenters. The van der Waals surface area contributed by atoms with Gasteiger partial charge in [-0.3, -0.25) is 9.48 Å². The van der Waals surface area contributed by atoms with Gasteiger partial charge in [0, 0.05) is 37.8 Å². The van der Waals surface area contributed by atoms with E-state index in [1.807, 2.05) is 0 Å². The number of nitrogens with zero attached hydrogens (tertiary/aromatic N) is 2. The van der Waals surface area contributed by atoms with E-state index >= 15 is 0 Å². The highest BCUT2D eigenvalue weighted by Crippen LogP contribution is 2.56. The Bertz CT molecular complexity index is 968. The lowest BCUT2D eigenvalue weighted by Crippen LogP contribution is -2.59. The molecular weight excluding hydrogens is 405 g/mol. The first kappa shape index (κ1) is 20.8. The van der Waals surface area contributed by atoms with Crippen LogP contribution in [0.15, 0.2) is 24.3 Å². The average molecular weight is 427 g/mol. The smallest absolute Gasteiger partial charge is 0.311 e. The van der Waals surface area contributed by atoms with Crippen molar-refractivity contribution in [1.29, 1.82) is 0 Å². The molecule has 1 aromatic heterocycles. The molecule has 0 saturated heterocycles. The monoisotopic (exact) mass is 427 g/mol. The Morgan fingerprint density at radius 1 is 1.27 bits per heavy atom. The van der Waals surface area contributed by atoms with Crippen LogP contribution in [0, 0.1) is 11.7 Å². The summed E-state index contributed by atoms with van der Waals surface area (Å²) in [5.74, 6) is -10.5. The summed E-state index contributed by atoms with van der Waals surface area (Å²) in [4.78, 5) is 12.4. The van der Waals surface area contributed by atoms with Gasteiger partial charge < -0.3 is 5.32 Å². The summed E-state index contributed by atoms with van der Waals surface area (Å²) in [5.41, 5.74) is 2.22. The van der Waals surface area contributed by atoms with Gasteiger partial charge in [0.1, 0.15) is 11.6 Å². The Hall–Kier alpha value is -2.45. The van der Waals surface area contributed by atoms with Gasteiger partial charge in [-0.1, -0.05) is 18.6 Å². The molecule has 0 aliphatic heterocycles. The number of aryl methyl sites for hydroxylation is 1. The molecule has 162 valence electrons. The number of hydrogen-bond donors (Lipinski definition) is 1. The summed E-state index contributed by atoms with van der Waals surface area (Å²) >= 11 is 0. The molecule has 2 fully saturated rings. The number of anilines is 1. The summed E-state index contributed by atoms with van der Waals surface area (Å²) in [6.07, 6.45) is 1.50. The fourth-order valence-corrected chi connectivity index (χ4v) is 4.19. The van der Waals surface area contributed by atoms with E-state index in [2.05, 4.69) is 10.4 Å². The van der Waals surface area contributed by atoms with Crippen molar-refractivity contribution < 1.29 is 26.7 Å². The van der Waals surface area contributed by atoms with Crippen LogP contribution < -0.4 is 5.32 Å². The molecule has 2 aliphatic carbocycles. The molecule has 0 unspecified atom stereocenters. The third-order valence-electron chi connectivity index (χ3n) is 6.13. The number of rotatable bonds is 6. The number of benzene rings is 1. The van der Waals surface area contributed by atoms with Gasteiger partial charge in [0.25, 0.3) is 0 Å². The lowest BCUT2D eigenvalue weighted by atomic mass is 9.74. The van der Waals surface area contributed by atoms with Crippen LogP contribution in [-0.2, 0) is 18.3 Å². The van der Waals surface area contributed by atoms with Crippen LogP contribution >= 0.6 is 0 Å². The van der Waals surface area contributed by atoms with Crippen LogP contribution in [0.1, 0.15) is 54.8 Å². The molecule has 1 heterocycles. The molecule has 2 aliphatic rings. The Balaban J connectivity index is 1.54. The average Bonchev–Trinajstić information content (AvgIpc) is 2.88. The molecule has 30 heavy (non-hydrogen) atoms. The second-order valence-corrected chi connectivity index (χ2v) is 8.25. The number of halogens is 5. The second kappa shape index (κ2) is 7.35. The zero-order chi connectivity index (χ0) is 21.7. The van der Waals surface area contributed by atoms with Crippen molar-refractivity contribution in [2.24, 2.45) is 13.0 Å². The van der Waals surface area contributed by atoms with E-state index in [4.69, 9.17) is 0 Å². The molecule has 2 saturated carbocycles. The molecule has 0 bridgehead atoms. The molecular formula is C21H22F5N3O. The molecule has 9 heteroatoms. The maximum Gasteiger partial charge on any atom is 0.313 e. The molecule has 1 aromatic carbocycles. The van der Waals surface area contributed by atoms with Gasteiger partial charge >= 0.3 is 11.8 Å². The van der Waals surface area contributed by atoms with Gasteiger partial charge in [0.2, 0.25) is 5.91 Å². The van der Waals surface area contributed by atoms with Crippen molar-refractivity contribution >= 4 is 11.7 Å². The minimum absolute atomic E-state index is 0.159. The normalized spacial score (nSPS) is 22.3. The van der Waals surface area contributed by atoms with Crippen LogP contribution in [0.25, 0.3) is 0 Å². The van der Waals surface area contributed by atoms with Crippen molar-refractivity contribution in [3.8, 4) is 0 Å². The van der Waals surface area contributed by atoms with Crippen molar-refractivity contribution in [2.75, 3.05) is 5.32 Å². The topological polar surface area (TPSA) is 46.9 Å². The minimum Gasteiger partial charge on any atom is -0.311 e. The highest BCUT2D eigenvalue weighted by atomic mass is 19.3. The van der Waals surface area contributed by atoms with E-state index in [1.165, 1.54) is 16.8 Å². The standard InChI is InChI=1S/C21H22F5N3O/c1-29-19(27-17(30)10-14-11-20(23,24)21(14,25)26)18(13-5-3-6-13)16(28-29)9-12-4-2-7-15(22)8-12/h2,4,7-8,13-14H,3,5-6,9-11H2,1H3,(H,27,30)/t14-/m1/s1. The molecule has 2 aromatic rings. The summed E-state index contributed by atoms with van der Waals surface area (Å²) in [6.45, 7) is 0. The van der Waals surface area contributed by atoms with Gasteiger partial charge in [-0.05, 0) is 36.5 Å². The van der Waals surface area contributed by atoms with Gasteiger partial charge in [-0.15, -0.1) is 0 Å². The molecule has 4 rings (SSSR count). The lowest BCUT2D eigenvalue weighted by molar-refractivity contribution is -0.313. The van der Waals surface area contributed by atoms with E-state index in [0.29, 0.717) is 17.9 Å². The van der Waals surface area contributed by atoms with Crippen LogP contribution in [0.2, 0.25) is 0 Å². The minimum atomic E-state index is -4.17. The molecule has 4 nitrogen and oxygen atoms in total. The van der Waals surface area contributed by atoms with Crippen LogP contribution in [0.3, 0.4) is 0 Å². The van der Waals surface area contributed by atoms with Crippen molar-refractivity contribution in [3.63, 3.8) is 0 Å². The maximum absolute atomic E-state index is 13.5. The highest BCUT2D eigenvalue weighted by Gasteiger charge is 2.71. The van der Waals surface area contributed by atoms with E-state index in [9.17, 15) is 26.7 Å². The Kier molecular flexibility index (Phi) is 5.10. The molecule has 0 spiro atoms. The number of aromatic nitrogens is 2. The van der Waals surface area contributed by atoms with E-state index in [1.54, 1.807) is 19.2 Å². The quantitative estimate of drug-likeness (QED) is 0.657. The zero-order valence-electron chi connectivity index (χ0n) is 16.4. The van der Waals surface area contributed by atoms with Crippen molar-refractivity contribution in [2.45, 2.75) is 56.3 Å². The summed E-state index contributed by atoms with van der Waals surface area (Å²) < 4.78 is 68.2. The predicted molar refractivity (Wildman–Crippen MR) is 100 cm³/mol. The number of hydrogen-bond acceptors (Lipinski definition) is 2. The molecule has 0 radical (unpaired) electrons. The Morgan fingerprint density at radius 2 is 2.00 bits per heavy atom. The largest absolute Gasteiger partial charge is 0.313 e. The summed E-state index contributed by atoms with van der Waals surface area (Å²) in [6, 6.07) is 6.14. The van der Waals surface area contributed by atoms with E-state index < -0.39 is 36.5 Å².